The van der Waals surface area contributed by atoms with E-state index in [1.807, 2.05) is 0 Å². The van der Waals surface area contributed by atoms with Crippen LogP contribution in [0.15, 0.2) is 24.3 Å². The van der Waals surface area contributed by atoms with Crippen molar-refractivity contribution in [3.8, 4) is 0 Å². The van der Waals surface area contributed by atoms with Gasteiger partial charge >= 0.3 is 11.9 Å². The molecule has 0 radical (unpaired) electrons. The van der Waals surface area contributed by atoms with E-state index in [0.29, 0.717) is 10.6 Å². The summed E-state index contributed by atoms with van der Waals surface area (Å²) in [5.74, 6) is -2.07. The molecule has 2 rings (SSSR count). The number of nitrogens with zero attached hydrogens (tertiary/aromatic N) is 1. The van der Waals surface area contributed by atoms with Gasteiger partial charge in [-0.05, 0) is 32.4 Å². The lowest BCUT2D eigenvalue weighted by Crippen LogP contribution is -2.21. The van der Waals surface area contributed by atoms with Crippen molar-refractivity contribution in [3.05, 3.63) is 55.9 Å². The Hall–Kier alpha value is -3.27. The number of carbonyl (C=O) groups excluding carboxylic acids is 3. The highest BCUT2D eigenvalue weighted by atomic mass is 32.1. The molecule has 1 aromatic heterocycles. The second-order valence-electron chi connectivity index (χ2n) is 5.64. The largest absolute Gasteiger partial charge is 0.462 e. The molecule has 0 atom stereocenters. The van der Waals surface area contributed by atoms with E-state index in [1.54, 1.807) is 20.8 Å². The van der Waals surface area contributed by atoms with E-state index in [1.165, 1.54) is 29.5 Å². The molecule has 0 saturated heterocycles. The number of carbonyl (C=O) groups is 3. The Morgan fingerprint density at radius 2 is 1.89 bits per heavy atom. The number of anilines is 1. The number of thiophene rings is 1. The van der Waals surface area contributed by atoms with Gasteiger partial charge in [-0.2, -0.15) is 0 Å². The number of hydrogen-bond donors (Lipinski definition) is 1. The summed E-state index contributed by atoms with van der Waals surface area (Å²) in [4.78, 5) is 47.2. The van der Waals surface area contributed by atoms with E-state index in [2.05, 4.69) is 5.32 Å². The molecule has 0 spiro atoms. The minimum atomic E-state index is -0.872. The summed E-state index contributed by atoms with van der Waals surface area (Å²) in [5.41, 5.74) is 0.662. The van der Waals surface area contributed by atoms with E-state index >= 15 is 0 Å². The van der Waals surface area contributed by atoms with Crippen LogP contribution >= 0.6 is 11.3 Å². The molecular weight excluding hydrogens is 388 g/mol. The first-order chi connectivity index (χ1) is 13.2. The highest BCUT2D eigenvalue weighted by Gasteiger charge is 2.22. The van der Waals surface area contributed by atoms with Gasteiger partial charge in [0, 0.05) is 17.0 Å². The molecular formula is C18H18N2O7S. The third-order valence-corrected chi connectivity index (χ3v) is 4.87. The monoisotopic (exact) mass is 406 g/mol. The molecule has 1 amide bonds. The molecule has 10 heteroatoms. The van der Waals surface area contributed by atoms with Crippen LogP contribution in [-0.2, 0) is 14.3 Å². The summed E-state index contributed by atoms with van der Waals surface area (Å²) >= 11 is 1.21. The van der Waals surface area contributed by atoms with Crippen LogP contribution in [0.3, 0.4) is 0 Å². The van der Waals surface area contributed by atoms with Crippen molar-refractivity contribution in [2.75, 3.05) is 18.5 Å². The second-order valence-corrected chi connectivity index (χ2v) is 6.86. The number of nitrogens with one attached hydrogen (secondary N) is 1. The Labute approximate surface area is 164 Å². The van der Waals surface area contributed by atoms with Crippen LogP contribution in [0, 0.1) is 24.0 Å². The maximum Gasteiger partial charge on any atom is 0.341 e. The van der Waals surface area contributed by atoms with Crippen molar-refractivity contribution >= 4 is 39.9 Å². The van der Waals surface area contributed by atoms with E-state index in [0.717, 1.165) is 10.9 Å². The van der Waals surface area contributed by atoms with Gasteiger partial charge in [-0.15, -0.1) is 11.3 Å². The van der Waals surface area contributed by atoms with E-state index in [9.17, 15) is 24.5 Å². The maximum atomic E-state index is 12.1. The van der Waals surface area contributed by atoms with Crippen molar-refractivity contribution in [2.24, 2.45) is 0 Å². The molecule has 1 heterocycles. The Kier molecular flexibility index (Phi) is 6.83. The SMILES string of the molecule is CCOC(=O)c1c(NC(=O)COC(=O)c2cccc([N+](=O)[O-])c2)sc(C)c1C. The van der Waals surface area contributed by atoms with Crippen LogP contribution < -0.4 is 5.32 Å². The van der Waals surface area contributed by atoms with Crippen LogP contribution in [-0.4, -0.2) is 36.0 Å². The summed E-state index contributed by atoms with van der Waals surface area (Å²) in [7, 11) is 0. The van der Waals surface area contributed by atoms with Gasteiger partial charge in [0.15, 0.2) is 6.61 Å². The molecule has 0 saturated carbocycles. The summed E-state index contributed by atoms with van der Waals surface area (Å²) in [6.07, 6.45) is 0. The van der Waals surface area contributed by atoms with Gasteiger partial charge in [0.05, 0.1) is 22.7 Å². The molecule has 9 nitrogen and oxygen atoms in total. The van der Waals surface area contributed by atoms with Crippen LogP contribution in [0.4, 0.5) is 10.7 Å². The zero-order valence-electron chi connectivity index (χ0n) is 15.4. The van der Waals surface area contributed by atoms with Crippen molar-refractivity contribution < 1.29 is 28.8 Å². The normalized spacial score (nSPS) is 10.2. The molecule has 148 valence electrons. The van der Waals surface area contributed by atoms with Crippen molar-refractivity contribution in [1.29, 1.82) is 0 Å². The first-order valence-corrected chi connectivity index (χ1v) is 9.04. The predicted octanol–water partition coefficient (Wildman–Crippen LogP) is 3.25. The third kappa shape index (κ3) is 4.92. The predicted molar refractivity (Wildman–Crippen MR) is 102 cm³/mol. The lowest BCUT2D eigenvalue weighted by atomic mass is 10.1. The fourth-order valence-electron chi connectivity index (χ4n) is 2.29. The Balaban J connectivity index is 2.04. The van der Waals surface area contributed by atoms with Gasteiger partial charge in [0.1, 0.15) is 5.00 Å². The van der Waals surface area contributed by atoms with Crippen LogP contribution in [0.1, 0.15) is 38.1 Å². The number of benzene rings is 1. The third-order valence-electron chi connectivity index (χ3n) is 3.74. The smallest absolute Gasteiger partial charge is 0.341 e. The fraction of sp³-hybridized carbons (Fsp3) is 0.278. The van der Waals surface area contributed by atoms with Crippen molar-refractivity contribution in [1.82, 2.24) is 0 Å². The van der Waals surface area contributed by atoms with Crippen LogP contribution in [0.5, 0.6) is 0 Å². The van der Waals surface area contributed by atoms with Gasteiger partial charge in [-0.1, -0.05) is 6.07 Å². The second kappa shape index (κ2) is 9.09. The highest BCUT2D eigenvalue weighted by Crippen LogP contribution is 2.33. The number of esters is 2. The van der Waals surface area contributed by atoms with Crippen LogP contribution in [0.25, 0.3) is 0 Å². The van der Waals surface area contributed by atoms with Gasteiger partial charge in [-0.3, -0.25) is 14.9 Å². The lowest BCUT2D eigenvalue weighted by molar-refractivity contribution is -0.384. The van der Waals surface area contributed by atoms with Crippen molar-refractivity contribution in [3.63, 3.8) is 0 Å². The summed E-state index contributed by atoms with van der Waals surface area (Å²) in [6.45, 7) is 4.82. The quantitative estimate of drug-likeness (QED) is 0.425. The summed E-state index contributed by atoms with van der Waals surface area (Å²) in [6, 6.07) is 4.99. The molecule has 1 aromatic carbocycles. The van der Waals surface area contributed by atoms with E-state index in [4.69, 9.17) is 9.47 Å². The van der Waals surface area contributed by atoms with Gasteiger partial charge < -0.3 is 14.8 Å². The fourth-order valence-corrected chi connectivity index (χ4v) is 3.35. The number of non-ortho nitro benzene ring substituents is 1. The Morgan fingerprint density at radius 3 is 2.54 bits per heavy atom. The molecule has 28 heavy (non-hydrogen) atoms. The van der Waals surface area contributed by atoms with E-state index < -0.39 is 29.4 Å². The summed E-state index contributed by atoms with van der Waals surface area (Å²) < 4.78 is 9.90. The maximum absolute atomic E-state index is 12.1. The molecule has 0 aliphatic carbocycles. The molecule has 0 fully saturated rings. The number of hydrogen-bond acceptors (Lipinski definition) is 8. The Bertz CT molecular complexity index is 936. The first-order valence-electron chi connectivity index (χ1n) is 8.23. The number of aryl methyl sites for hydroxylation is 1. The number of ether oxygens (including phenoxy) is 2. The zero-order chi connectivity index (χ0) is 20.8. The molecule has 0 bridgehead atoms. The standard InChI is InChI=1S/C18H18N2O7S/c1-4-26-18(23)15-10(2)11(3)28-16(15)19-14(21)9-27-17(22)12-6-5-7-13(8-12)20(24)25/h5-8H,4,9H2,1-3H3,(H,19,21). The number of amides is 1. The minimum absolute atomic E-state index is 0.0444. The van der Waals surface area contributed by atoms with Crippen LogP contribution in [0.2, 0.25) is 0 Å². The first kappa shape index (κ1) is 21.0. The Morgan fingerprint density at radius 1 is 1.18 bits per heavy atom. The highest BCUT2D eigenvalue weighted by molar-refractivity contribution is 7.16. The number of nitro benzene ring substituents is 1. The van der Waals surface area contributed by atoms with Gasteiger partial charge in [0.2, 0.25) is 0 Å². The molecule has 0 aliphatic heterocycles. The average Bonchev–Trinajstić information content (AvgIpc) is 2.93. The minimum Gasteiger partial charge on any atom is -0.462 e. The topological polar surface area (TPSA) is 125 Å². The van der Waals surface area contributed by atoms with E-state index in [-0.39, 0.29) is 23.4 Å². The number of rotatable bonds is 7. The van der Waals surface area contributed by atoms with Gasteiger partial charge in [0.25, 0.3) is 11.6 Å². The number of nitro groups is 1. The van der Waals surface area contributed by atoms with Gasteiger partial charge in [-0.25, -0.2) is 9.59 Å². The zero-order valence-corrected chi connectivity index (χ0v) is 16.3. The average molecular weight is 406 g/mol. The molecule has 2 aromatic rings. The van der Waals surface area contributed by atoms with Crippen molar-refractivity contribution in [2.45, 2.75) is 20.8 Å². The molecule has 1 N–H and O–H groups in total. The molecule has 0 aliphatic rings. The molecule has 0 unspecified atom stereocenters. The summed E-state index contributed by atoms with van der Waals surface area (Å²) in [5, 5.41) is 13.6. The lowest BCUT2D eigenvalue weighted by Gasteiger charge is -2.08.